The van der Waals surface area contributed by atoms with Gasteiger partial charge in [-0.2, -0.15) is 0 Å². The molecule has 3 amide bonds. The average Bonchev–Trinajstić information content (AvgIpc) is 3.31. The Bertz CT molecular complexity index is 540. The average molecular weight is 335 g/mol. The Balaban J connectivity index is 1.33. The molecule has 2 fully saturated rings. The first-order valence-electron chi connectivity index (χ1n) is 8.66. The second-order valence-corrected chi connectivity index (χ2v) is 6.41. The lowest BCUT2D eigenvalue weighted by Gasteiger charge is -2.27. The summed E-state index contributed by atoms with van der Waals surface area (Å²) in [4.78, 5) is 25.8. The summed E-state index contributed by atoms with van der Waals surface area (Å²) < 4.78 is 10.4. The highest BCUT2D eigenvalue weighted by Gasteiger charge is 2.32. The van der Waals surface area contributed by atoms with Gasteiger partial charge < -0.3 is 24.7 Å². The van der Waals surface area contributed by atoms with Crippen molar-refractivity contribution in [3.05, 3.63) is 24.2 Å². The summed E-state index contributed by atoms with van der Waals surface area (Å²) in [5, 5.41) is 5.58. The molecule has 0 unspecified atom stereocenters. The Morgan fingerprint density at radius 1 is 1.12 bits per heavy atom. The summed E-state index contributed by atoms with van der Waals surface area (Å²) in [6.07, 6.45) is 4.75. The summed E-state index contributed by atoms with van der Waals surface area (Å²) in [7, 11) is 0. The van der Waals surface area contributed by atoms with Crippen molar-refractivity contribution in [1.29, 1.82) is 0 Å². The van der Waals surface area contributed by atoms with Crippen LogP contribution in [-0.4, -0.2) is 56.2 Å². The summed E-state index contributed by atoms with van der Waals surface area (Å²) in [6, 6.07) is 3.23. The van der Waals surface area contributed by atoms with E-state index in [9.17, 15) is 9.59 Å². The van der Waals surface area contributed by atoms with Crippen LogP contribution in [0.5, 0.6) is 0 Å². The van der Waals surface area contributed by atoms with E-state index in [1.807, 2.05) is 4.90 Å². The van der Waals surface area contributed by atoms with Crippen molar-refractivity contribution < 1.29 is 18.7 Å². The third-order valence-corrected chi connectivity index (χ3v) is 4.88. The van der Waals surface area contributed by atoms with Crippen LogP contribution >= 0.6 is 0 Å². The largest absolute Gasteiger partial charge is 0.459 e. The van der Waals surface area contributed by atoms with Crippen molar-refractivity contribution in [3.8, 4) is 0 Å². The van der Waals surface area contributed by atoms with Gasteiger partial charge in [0.2, 0.25) is 0 Å². The number of urea groups is 1. The predicted octanol–water partition coefficient (Wildman–Crippen LogP) is 1.47. The van der Waals surface area contributed by atoms with E-state index in [4.69, 9.17) is 9.15 Å². The lowest BCUT2D eigenvalue weighted by Crippen LogP contribution is -2.42. The van der Waals surface area contributed by atoms with Crippen LogP contribution in [0, 0.1) is 11.8 Å². The van der Waals surface area contributed by atoms with E-state index in [-0.39, 0.29) is 17.7 Å². The number of furan rings is 1. The molecule has 2 N–H and O–H groups in total. The molecule has 0 aromatic carbocycles. The number of nitrogens with zero attached hydrogens (tertiary/aromatic N) is 1. The van der Waals surface area contributed by atoms with Gasteiger partial charge in [-0.25, -0.2) is 4.79 Å². The molecule has 3 rings (SSSR count). The Morgan fingerprint density at radius 3 is 2.67 bits per heavy atom. The molecule has 7 heteroatoms. The predicted molar refractivity (Wildman–Crippen MR) is 87.7 cm³/mol. The maximum atomic E-state index is 12.2. The van der Waals surface area contributed by atoms with Crippen LogP contribution in [0.4, 0.5) is 4.79 Å². The Hall–Kier alpha value is -2.02. The monoisotopic (exact) mass is 335 g/mol. The van der Waals surface area contributed by atoms with E-state index in [0.29, 0.717) is 24.9 Å². The summed E-state index contributed by atoms with van der Waals surface area (Å²) in [5.41, 5.74) is 0. The number of ether oxygens (including phenoxy) is 1. The number of carbonyl (C=O) groups is 2. The van der Waals surface area contributed by atoms with Gasteiger partial charge in [-0.1, -0.05) is 0 Å². The fourth-order valence-corrected chi connectivity index (χ4v) is 3.50. The molecule has 0 aliphatic carbocycles. The van der Waals surface area contributed by atoms with E-state index in [1.165, 1.54) is 6.26 Å². The first kappa shape index (κ1) is 16.8. The van der Waals surface area contributed by atoms with Gasteiger partial charge in [0, 0.05) is 39.4 Å². The third-order valence-electron chi connectivity index (χ3n) is 4.88. The Morgan fingerprint density at radius 2 is 1.92 bits per heavy atom. The maximum absolute atomic E-state index is 12.2. The van der Waals surface area contributed by atoms with Crippen molar-refractivity contribution in [2.75, 3.05) is 39.4 Å². The fourth-order valence-electron chi connectivity index (χ4n) is 3.50. The molecule has 132 valence electrons. The van der Waals surface area contributed by atoms with Crippen molar-refractivity contribution in [2.45, 2.75) is 19.3 Å². The molecular weight excluding hydrogens is 310 g/mol. The quantitative estimate of drug-likeness (QED) is 0.798. The summed E-state index contributed by atoms with van der Waals surface area (Å²) in [5.74, 6) is 1.29. The summed E-state index contributed by atoms with van der Waals surface area (Å²) in [6.45, 7) is 4.12. The van der Waals surface area contributed by atoms with Gasteiger partial charge in [0.15, 0.2) is 5.76 Å². The van der Waals surface area contributed by atoms with Crippen LogP contribution in [0.25, 0.3) is 0 Å². The van der Waals surface area contributed by atoms with Crippen molar-refractivity contribution in [3.63, 3.8) is 0 Å². The maximum Gasteiger partial charge on any atom is 0.317 e. The number of hydrogen-bond acceptors (Lipinski definition) is 4. The molecule has 1 aromatic heterocycles. The molecule has 7 nitrogen and oxygen atoms in total. The molecule has 0 saturated carbocycles. The fraction of sp³-hybridized carbons (Fsp3) is 0.647. The minimum Gasteiger partial charge on any atom is -0.459 e. The highest BCUT2D eigenvalue weighted by Crippen LogP contribution is 2.30. The second-order valence-electron chi connectivity index (χ2n) is 6.41. The molecule has 2 aliphatic heterocycles. The number of hydrogen-bond donors (Lipinski definition) is 2. The first-order valence-corrected chi connectivity index (χ1v) is 8.66. The van der Waals surface area contributed by atoms with Crippen LogP contribution in [-0.2, 0) is 4.74 Å². The number of carbonyl (C=O) groups excluding carboxylic acids is 2. The number of nitrogens with one attached hydrogen (secondary N) is 2. The molecule has 2 aliphatic rings. The third kappa shape index (κ3) is 4.29. The Kier molecular flexibility index (Phi) is 5.74. The van der Waals surface area contributed by atoms with Gasteiger partial charge in [0.1, 0.15) is 0 Å². The molecule has 0 bridgehead atoms. The topological polar surface area (TPSA) is 83.8 Å². The number of likely N-dealkylation sites (tertiary alicyclic amines) is 1. The molecule has 2 saturated heterocycles. The van der Waals surface area contributed by atoms with Crippen LogP contribution < -0.4 is 10.6 Å². The zero-order valence-electron chi connectivity index (χ0n) is 13.8. The first-order chi connectivity index (χ1) is 11.7. The van der Waals surface area contributed by atoms with Crippen LogP contribution in [0.1, 0.15) is 29.8 Å². The van der Waals surface area contributed by atoms with E-state index in [0.717, 1.165) is 45.6 Å². The lowest BCUT2D eigenvalue weighted by atomic mass is 9.85. The summed E-state index contributed by atoms with van der Waals surface area (Å²) >= 11 is 0. The highest BCUT2D eigenvalue weighted by atomic mass is 16.5. The van der Waals surface area contributed by atoms with Gasteiger partial charge in [0.25, 0.3) is 5.91 Å². The zero-order valence-corrected chi connectivity index (χ0v) is 13.8. The normalized spacial score (nSPS) is 21.7. The number of rotatable bonds is 5. The van der Waals surface area contributed by atoms with Crippen molar-refractivity contribution in [2.24, 2.45) is 11.8 Å². The van der Waals surface area contributed by atoms with Gasteiger partial charge in [-0.05, 0) is 43.2 Å². The zero-order chi connectivity index (χ0) is 16.8. The minimum absolute atomic E-state index is 0.0446. The second kappa shape index (κ2) is 8.19. The van der Waals surface area contributed by atoms with Gasteiger partial charge >= 0.3 is 6.03 Å². The minimum atomic E-state index is -0.269. The van der Waals surface area contributed by atoms with E-state index in [2.05, 4.69) is 10.6 Å². The molecule has 3 heterocycles. The molecule has 24 heavy (non-hydrogen) atoms. The smallest absolute Gasteiger partial charge is 0.317 e. The van der Waals surface area contributed by atoms with Gasteiger partial charge in [0.05, 0.1) is 6.26 Å². The van der Waals surface area contributed by atoms with E-state index >= 15 is 0 Å². The lowest BCUT2D eigenvalue weighted by molar-refractivity contribution is 0.0484. The highest BCUT2D eigenvalue weighted by molar-refractivity contribution is 5.91. The van der Waals surface area contributed by atoms with Crippen molar-refractivity contribution in [1.82, 2.24) is 15.5 Å². The van der Waals surface area contributed by atoms with Gasteiger partial charge in [-0.3, -0.25) is 4.79 Å². The van der Waals surface area contributed by atoms with Crippen LogP contribution in [0.2, 0.25) is 0 Å². The van der Waals surface area contributed by atoms with Crippen LogP contribution in [0.15, 0.2) is 22.8 Å². The molecular formula is C17H25N3O4. The molecule has 1 aromatic rings. The molecule has 0 spiro atoms. The van der Waals surface area contributed by atoms with E-state index in [1.54, 1.807) is 12.1 Å². The molecule has 0 radical (unpaired) electrons. The van der Waals surface area contributed by atoms with E-state index < -0.39 is 0 Å². The molecule has 1 atom stereocenters. The Labute approximate surface area is 141 Å². The van der Waals surface area contributed by atoms with Gasteiger partial charge in [-0.15, -0.1) is 0 Å². The number of amides is 3. The van der Waals surface area contributed by atoms with Crippen molar-refractivity contribution >= 4 is 11.9 Å². The standard InChI is InChI=1S/C17H25N3O4/c21-16(15-2-1-9-24-15)18-6-7-19-17(22)20-8-3-14(12-20)13-4-10-23-11-5-13/h1-2,9,13-14H,3-8,10-12H2,(H,18,21)(H,19,22)/t14-/m1/s1. The van der Waals surface area contributed by atoms with Crippen LogP contribution in [0.3, 0.4) is 0 Å². The SMILES string of the molecule is O=C(NCCNC(=O)N1CC[C@@H](C2CCOCC2)C1)c1ccco1.